The number of aryl methyl sites for hydroxylation is 1. The minimum atomic E-state index is -0.313. The van der Waals surface area contributed by atoms with Crippen LogP contribution in [-0.4, -0.2) is 64.4 Å². The zero-order chi connectivity index (χ0) is 24.5. The summed E-state index contributed by atoms with van der Waals surface area (Å²) >= 11 is 0. The van der Waals surface area contributed by atoms with Crippen LogP contribution in [0.2, 0.25) is 0 Å². The molecule has 0 bridgehead atoms. The Bertz CT molecular complexity index is 1090. The molecule has 3 aromatic rings. The zero-order valence-corrected chi connectivity index (χ0v) is 19.9. The number of hydrogen-bond acceptors (Lipinski definition) is 6. The number of hydrogen-bond donors (Lipinski definition) is 0. The summed E-state index contributed by atoms with van der Waals surface area (Å²) in [6.07, 6.45) is 5.67. The fraction of sp³-hybridized carbons (Fsp3) is 0.333. The molecule has 4 rings (SSSR count). The van der Waals surface area contributed by atoms with Gasteiger partial charge in [-0.1, -0.05) is 18.2 Å². The monoisotopic (exact) mass is 474 g/mol. The molecule has 1 aliphatic heterocycles. The quantitative estimate of drug-likeness (QED) is 0.474. The van der Waals surface area contributed by atoms with Gasteiger partial charge >= 0.3 is 0 Å². The zero-order valence-electron chi connectivity index (χ0n) is 19.9. The molecule has 1 atom stereocenters. The molecule has 0 N–H and O–H groups in total. The molecule has 0 saturated carbocycles. The molecule has 3 heterocycles. The molecule has 1 aromatic carbocycles. The van der Waals surface area contributed by atoms with E-state index in [-0.39, 0.29) is 24.5 Å². The summed E-state index contributed by atoms with van der Waals surface area (Å²) in [5.74, 6) is 0.592. The second kappa shape index (κ2) is 12.1. The molecule has 1 aliphatic rings. The molecule has 182 valence electrons. The van der Waals surface area contributed by atoms with Gasteiger partial charge in [0.15, 0.2) is 0 Å². The van der Waals surface area contributed by atoms with E-state index in [0.717, 1.165) is 22.6 Å². The van der Waals surface area contributed by atoms with Crippen LogP contribution in [0.4, 0.5) is 0 Å². The summed E-state index contributed by atoms with van der Waals surface area (Å²) in [6.45, 7) is 1.62. The topological polar surface area (TPSA) is 84.9 Å². The lowest BCUT2D eigenvalue weighted by Gasteiger charge is -2.25. The Morgan fingerprint density at radius 1 is 1.00 bits per heavy atom. The van der Waals surface area contributed by atoms with Crippen LogP contribution >= 0.6 is 0 Å². The average Bonchev–Trinajstić information content (AvgIpc) is 3.06. The maximum Gasteiger partial charge on any atom is 0.242 e. The minimum absolute atomic E-state index is 0.0341. The molecule has 1 saturated heterocycles. The van der Waals surface area contributed by atoms with Gasteiger partial charge in [-0.15, -0.1) is 0 Å². The molecule has 35 heavy (non-hydrogen) atoms. The van der Waals surface area contributed by atoms with Crippen LogP contribution in [0, 0.1) is 0 Å². The van der Waals surface area contributed by atoms with Crippen LogP contribution in [-0.2, 0) is 33.9 Å². The van der Waals surface area contributed by atoms with E-state index in [4.69, 9.17) is 9.47 Å². The maximum absolute atomic E-state index is 13.2. The van der Waals surface area contributed by atoms with Crippen molar-refractivity contribution < 1.29 is 19.1 Å². The number of carbonyl (C=O) groups is 2. The van der Waals surface area contributed by atoms with E-state index in [0.29, 0.717) is 39.1 Å². The summed E-state index contributed by atoms with van der Waals surface area (Å²) in [5, 5.41) is 0. The number of ether oxygens (including phenoxy) is 2. The third-order valence-electron chi connectivity index (χ3n) is 5.97. The predicted octanol–water partition coefficient (Wildman–Crippen LogP) is 2.87. The molecule has 8 heteroatoms. The van der Waals surface area contributed by atoms with Crippen molar-refractivity contribution in [3.8, 4) is 5.75 Å². The van der Waals surface area contributed by atoms with E-state index < -0.39 is 0 Å². The van der Waals surface area contributed by atoms with Crippen LogP contribution < -0.4 is 4.74 Å². The van der Waals surface area contributed by atoms with Crippen molar-refractivity contribution >= 4 is 11.8 Å². The molecule has 1 unspecified atom stereocenters. The van der Waals surface area contributed by atoms with E-state index in [1.807, 2.05) is 54.6 Å². The van der Waals surface area contributed by atoms with Crippen LogP contribution in [0.3, 0.4) is 0 Å². The number of amides is 2. The molecule has 1 fully saturated rings. The fourth-order valence-corrected chi connectivity index (χ4v) is 4.01. The lowest BCUT2D eigenvalue weighted by molar-refractivity contribution is -0.139. The van der Waals surface area contributed by atoms with Gasteiger partial charge in [0.05, 0.1) is 26.4 Å². The molecule has 2 amide bonds. The highest BCUT2D eigenvalue weighted by Crippen LogP contribution is 2.17. The number of carbonyl (C=O) groups excluding carboxylic acids is 2. The maximum atomic E-state index is 13.2. The first-order valence-corrected chi connectivity index (χ1v) is 11.7. The van der Waals surface area contributed by atoms with E-state index in [2.05, 4.69) is 9.97 Å². The summed E-state index contributed by atoms with van der Waals surface area (Å²) in [5.41, 5.74) is 2.83. The number of pyridine rings is 2. The van der Waals surface area contributed by atoms with Crippen LogP contribution in [0.25, 0.3) is 0 Å². The first-order chi connectivity index (χ1) is 17.1. The molecule has 8 nitrogen and oxygen atoms in total. The smallest absolute Gasteiger partial charge is 0.242 e. The van der Waals surface area contributed by atoms with Crippen molar-refractivity contribution in [2.24, 2.45) is 0 Å². The van der Waals surface area contributed by atoms with Crippen molar-refractivity contribution in [2.75, 3.05) is 26.7 Å². The van der Waals surface area contributed by atoms with E-state index in [9.17, 15) is 9.59 Å². The van der Waals surface area contributed by atoms with Crippen LogP contribution in [0.1, 0.15) is 23.2 Å². The van der Waals surface area contributed by atoms with E-state index in [1.165, 1.54) is 0 Å². The van der Waals surface area contributed by atoms with Gasteiger partial charge in [-0.25, -0.2) is 0 Å². The molecular formula is C27H30N4O4. The molecule has 0 radical (unpaired) electrons. The largest absolute Gasteiger partial charge is 0.497 e. The summed E-state index contributed by atoms with van der Waals surface area (Å²) in [7, 11) is 1.62. The highest BCUT2D eigenvalue weighted by atomic mass is 16.5. The Morgan fingerprint density at radius 3 is 2.51 bits per heavy atom. The second-order valence-corrected chi connectivity index (χ2v) is 8.51. The second-order valence-electron chi connectivity index (χ2n) is 8.51. The molecule has 2 aromatic heterocycles. The van der Waals surface area contributed by atoms with Crippen LogP contribution in [0.15, 0.2) is 73.2 Å². The molecule has 0 aliphatic carbocycles. The van der Waals surface area contributed by atoms with Gasteiger partial charge in [-0.2, -0.15) is 0 Å². The lowest BCUT2D eigenvalue weighted by atomic mass is 10.2. The number of aromatic nitrogens is 2. The summed E-state index contributed by atoms with van der Waals surface area (Å²) in [6, 6.07) is 17.1. The van der Waals surface area contributed by atoms with Gasteiger partial charge in [0, 0.05) is 50.3 Å². The van der Waals surface area contributed by atoms with Gasteiger partial charge in [0.2, 0.25) is 11.8 Å². The minimum Gasteiger partial charge on any atom is -0.497 e. The van der Waals surface area contributed by atoms with Crippen molar-refractivity contribution in [3.05, 3.63) is 90.0 Å². The van der Waals surface area contributed by atoms with Gasteiger partial charge < -0.3 is 19.3 Å². The Labute approximate surface area is 205 Å². The van der Waals surface area contributed by atoms with E-state index >= 15 is 0 Å². The van der Waals surface area contributed by atoms with Crippen LogP contribution in [0.5, 0.6) is 5.75 Å². The first kappa shape index (κ1) is 24.3. The SMILES string of the molecule is COc1ccc(CN2CC(OCc3ccncc3)CN(C(=O)CCc3ccccn3)CC2=O)cc1. The number of methoxy groups -OCH3 is 1. The van der Waals surface area contributed by atoms with Gasteiger partial charge in [0.25, 0.3) is 0 Å². The predicted molar refractivity (Wildman–Crippen MR) is 130 cm³/mol. The number of benzene rings is 1. The Kier molecular flexibility index (Phi) is 8.40. The summed E-state index contributed by atoms with van der Waals surface area (Å²) < 4.78 is 11.4. The Balaban J connectivity index is 1.45. The van der Waals surface area contributed by atoms with E-state index in [1.54, 1.807) is 35.5 Å². The Hall–Kier alpha value is -3.78. The van der Waals surface area contributed by atoms with Crippen molar-refractivity contribution in [3.63, 3.8) is 0 Å². The fourth-order valence-electron chi connectivity index (χ4n) is 4.01. The average molecular weight is 475 g/mol. The van der Waals surface area contributed by atoms with Crippen molar-refractivity contribution in [1.82, 2.24) is 19.8 Å². The lowest BCUT2D eigenvalue weighted by Crippen LogP contribution is -2.39. The Morgan fingerprint density at radius 2 is 1.80 bits per heavy atom. The van der Waals surface area contributed by atoms with Crippen molar-refractivity contribution in [1.29, 1.82) is 0 Å². The van der Waals surface area contributed by atoms with Gasteiger partial charge in [-0.05, 0) is 53.9 Å². The summed E-state index contributed by atoms with van der Waals surface area (Å²) in [4.78, 5) is 38.0. The van der Waals surface area contributed by atoms with Crippen molar-refractivity contribution in [2.45, 2.75) is 32.1 Å². The first-order valence-electron chi connectivity index (χ1n) is 11.7. The molecule has 0 spiro atoms. The van der Waals surface area contributed by atoms with Gasteiger partial charge in [-0.3, -0.25) is 19.6 Å². The third kappa shape index (κ3) is 7.10. The number of nitrogens with zero attached hydrogens (tertiary/aromatic N) is 4. The normalized spacial score (nSPS) is 16.1. The highest BCUT2D eigenvalue weighted by Gasteiger charge is 2.30. The third-order valence-corrected chi connectivity index (χ3v) is 5.97. The highest BCUT2D eigenvalue weighted by molar-refractivity contribution is 5.85. The number of rotatable bonds is 9. The van der Waals surface area contributed by atoms with Gasteiger partial charge in [0.1, 0.15) is 5.75 Å². The standard InChI is InChI=1S/C27H30N4O4/c1-34-24-8-5-21(6-9-24)16-30-17-25(35-20-22-11-14-28-15-12-22)18-31(19-27(30)33)26(32)10-7-23-4-2-3-13-29-23/h2-6,8-9,11-15,25H,7,10,16-20H2,1H3. The molecular weight excluding hydrogens is 444 g/mol.